The van der Waals surface area contributed by atoms with Gasteiger partial charge in [0.25, 0.3) is 0 Å². The van der Waals surface area contributed by atoms with E-state index in [4.69, 9.17) is 33.2 Å². The van der Waals surface area contributed by atoms with Crippen molar-refractivity contribution in [3.8, 4) is 34.5 Å². The molecule has 552 valence electrons. The minimum Gasteiger partial charge on any atom is -0.490 e. The summed E-state index contributed by atoms with van der Waals surface area (Å²) in [6.07, 6.45) is 71.6. The molecule has 0 bridgehead atoms. The van der Waals surface area contributed by atoms with Crippen molar-refractivity contribution in [2.24, 2.45) is 5.92 Å². The first-order valence-corrected chi connectivity index (χ1v) is 42.1. The Kier molecular flexibility index (Phi) is 49.2. The lowest BCUT2D eigenvalue weighted by atomic mass is 9.90. The number of fused-ring (bicyclic) bond motifs is 6. The van der Waals surface area contributed by atoms with Crippen LogP contribution in [0.1, 0.15) is 388 Å². The first kappa shape index (κ1) is 83.3. The van der Waals surface area contributed by atoms with Crippen molar-refractivity contribution >= 4 is 38.3 Å². The predicted molar refractivity (Wildman–Crippen MR) is 418 cm³/mol. The Bertz CT molecular complexity index is 2530. The summed E-state index contributed by atoms with van der Waals surface area (Å²) < 4.78 is 47.2. The molecular formula is C89H148O8. The summed E-state index contributed by atoms with van der Waals surface area (Å²) in [5.74, 6) is 5.73. The van der Waals surface area contributed by atoms with Crippen molar-refractivity contribution < 1.29 is 38.0 Å². The molecule has 0 saturated carbocycles. The first-order chi connectivity index (χ1) is 48.0. The highest BCUT2D eigenvalue weighted by Crippen LogP contribution is 2.48. The maximum atomic E-state index is 12.2. The van der Waals surface area contributed by atoms with Gasteiger partial charge >= 0.3 is 5.97 Å². The number of carbonyl (C=O) groups is 1. The van der Waals surface area contributed by atoms with Crippen molar-refractivity contribution in [2.75, 3.05) is 46.2 Å². The van der Waals surface area contributed by atoms with E-state index in [1.807, 2.05) is 0 Å². The zero-order valence-electron chi connectivity index (χ0n) is 63.8. The molecule has 0 fully saturated rings. The second-order valence-electron chi connectivity index (χ2n) is 29.4. The first-order valence-electron chi connectivity index (χ1n) is 42.1. The molecule has 0 amide bonds. The molecule has 1 unspecified atom stereocenters. The lowest BCUT2D eigenvalue weighted by Crippen LogP contribution is -2.07. The van der Waals surface area contributed by atoms with Crippen LogP contribution in [0, 0.1) is 5.92 Å². The average molecular weight is 1350 g/mol. The third kappa shape index (κ3) is 37.2. The minimum atomic E-state index is -0.0165. The van der Waals surface area contributed by atoms with Gasteiger partial charge in [0.2, 0.25) is 0 Å². The van der Waals surface area contributed by atoms with E-state index < -0.39 is 0 Å². The lowest BCUT2D eigenvalue weighted by Gasteiger charge is -2.21. The highest BCUT2D eigenvalue weighted by molar-refractivity contribution is 6.27. The molecule has 0 aliphatic heterocycles. The summed E-state index contributed by atoms with van der Waals surface area (Å²) in [6, 6.07) is 13.8. The van der Waals surface area contributed by atoms with Crippen LogP contribution in [0.25, 0.3) is 32.3 Å². The van der Waals surface area contributed by atoms with Gasteiger partial charge in [0.1, 0.15) is 0 Å². The fourth-order valence-corrected chi connectivity index (χ4v) is 14.1. The zero-order valence-corrected chi connectivity index (χ0v) is 63.8. The summed E-state index contributed by atoms with van der Waals surface area (Å²) in [5, 5.41) is 6.81. The third-order valence-corrected chi connectivity index (χ3v) is 20.5. The molecule has 8 nitrogen and oxygen atoms in total. The van der Waals surface area contributed by atoms with Crippen LogP contribution in [-0.4, -0.2) is 52.2 Å². The van der Waals surface area contributed by atoms with E-state index in [0.29, 0.717) is 52.7 Å². The number of hydrogen-bond acceptors (Lipinski definition) is 8. The molecule has 4 aromatic rings. The van der Waals surface area contributed by atoms with Crippen LogP contribution >= 0.6 is 0 Å². The van der Waals surface area contributed by atoms with Crippen LogP contribution in [0.3, 0.4) is 0 Å². The van der Waals surface area contributed by atoms with E-state index in [0.717, 1.165) is 143 Å². The van der Waals surface area contributed by atoms with Crippen LogP contribution in [0.2, 0.25) is 0 Å². The lowest BCUT2D eigenvalue weighted by molar-refractivity contribution is -0.143. The van der Waals surface area contributed by atoms with Crippen molar-refractivity contribution in [3.05, 3.63) is 48.6 Å². The summed E-state index contributed by atoms with van der Waals surface area (Å²) in [7, 11) is 0. The molecule has 5 rings (SSSR count). The molecule has 1 aliphatic rings. The maximum Gasteiger partial charge on any atom is 0.305 e. The third-order valence-electron chi connectivity index (χ3n) is 20.5. The van der Waals surface area contributed by atoms with E-state index in [1.165, 1.54) is 276 Å². The number of unbranched alkanes of at least 4 members (excludes halogenated alkanes) is 45. The van der Waals surface area contributed by atoms with E-state index in [9.17, 15) is 4.79 Å². The van der Waals surface area contributed by atoms with Crippen LogP contribution in [0.15, 0.2) is 48.6 Å². The quantitative estimate of drug-likeness (QED) is 0.0187. The van der Waals surface area contributed by atoms with Crippen molar-refractivity contribution in [2.45, 2.75) is 388 Å². The molecule has 1 atom stereocenters. The standard InChI is InChI=1S/C89H148O8/c1-6-11-16-21-26-35-42-51-63-91-83-70-77-78-71-84(92-64-52-43-36-27-22-17-12-7-2)86(94-66-54-45-38-29-24-19-14-9-4)73-80(78)82-75-88(96-68-56-47-40-33-31-32-34-41-48-57-69-97-89(90)62-50-49-59-76-60-58-61-76)87(95-67-55-46-39-30-25-20-15-10-5)74-81(82)79(77)72-85(83)93-65-53-44-37-28-23-18-13-8-3/h58,60,70-76H,6-57,59,61-69H2,1-5H3. The van der Waals surface area contributed by atoms with Gasteiger partial charge in [-0.3, -0.25) is 4.79 Å². The molecule has 0 aromatic heterocycles. The molecule has 8 heteroatoms. The maximum absolute atomic E-state index is 12.2. The minimum absolute atomic E-state index is 0.0165. The Balaban J connectivity index is 1.42. The molecule has 4 aromatic carbocycles. The van der Waals surface area contributed by atoms with Gasteiger partial charge in [-0.25, -0.2) is 0 Å². The summed E-state index contributed by atoms with van der Waals surface area (Å²) in [4.78, 5) is 12.2. The van der Waals surface area contributed by atoms with Gasteiger partial charge in [-0.1, -0.05) is 329 Å². The van der Waals surface area contributed by atoms with Gasteiger partial charge in [-0.2, -0.15) is 0 Å². The van der Waals surface area contributed by atoms with Crippen LogP contribution in [-0.2, 0) is 9.53 Å². The SMILES string of the molecule is CCCCCCCCCCOc1cc2c3cc(OCCCCCCCCCC)c(OCCCCCCCCCC)cc3c3cc(OCCCCCCCCCCCCOC(=O)CCCCC4C=CC4)c(OCCCCCCCCCC)cc3c2cc1OCCCCCCCCCC. The molecule has 0 spiro atoms. The normalized spacial score (nSPS) is 12.9. The highest BCUT2D eigenvalue weighted by atomic mass is 16.5. The monoisotopic (exact) mass is 1350 g/mol. The van der Waals surface area contributed by atoms with Gasteiger partial charge in [0.15, 0.2) is 34.5 Å². The molecule has 0 saturated heterocycles. The zero-order chi connectivity index (χ0) is 68.5. The van der Waals surface area contributed by atoms with Gasteiger partial charge in [-0.05, 0) is 139 Å². The Morgan fingerprint density at radius 2 is 0.464 bits per heavy atom. The molecular weight excluding hydrogens is 1200 g/mol. The molecule has 1 aliphatic carbocycles. The largest absolute Gasteiger partial charge is 0.490 e. The number of rotatable bonds is 69. The molecule has 0 heterocycles. The Labute approximate surface area is 596 Å². The fraction of sp³-hybridized carbons (Fsp3) is 0.764. The van der Waals surface area contributed by atoms with Gasteiger partial charge < -0.3 is 33.2 Å². The van der Waals surface area contributed by atoms with Crippen molar-refractivity contribution in [1.29, 1.82) is 0 Å². The summed E-state index contributed by atoms with van der Waals surface area (Å²) >= 11 is 0. The highest BCUT2D eigenvalue weighted by Gasteiger charge is 2.21. The van der Waals surface area contributed by atoms with E-state index in [1.54, 1.807) is 0 Å². The van der Waals surface area contributed by atoms with Crippen molar-refractivity contribution in [1.82, 2.24) is 0 Å². The number of hydrogen-bond donors (Lipinski definition) is 0. The van der Waals surface area contributed by atoms with Gasteiger partial charge in [0.05, 0.1) is 46.2 Å². The summed E-state index contributed by atoms with van der Waals surface area (Å²) in [6.45, 7) is 16.0. The van der Waals surface area contributed by atoms with E-state index in [2.05, 4.69) is 83.2 Å². The Morgan fingerprint density at radius 3 is 0.660 bits per heavy atom. The Morgan fingerprint density at radius 1 is 0.268 bits per heavy atom. The number of ether oxygens (including phenoxy) is 7. The number of benzene rings is 4. The Hall–Kier alpha value is -4.33. The van der Waals surface area contributed by atoms with Crippen LogP contribution in [0.5, 0.6) is 34.5 Å². The van der Waals surface area contributed by atoms with Gasteiger partial charge in [-0.15, -0.1) is 0 Å². The summed E-state index contributed by atoms with van der Waals surface area (Å²) in [5.41, 5.74) is 0. The number of carbonyl (C=O) groups excluding carboxylic acids is 1. The van der Waals surface area contributed by atoms with E-state index in [-0.39, 0.29) is 5.97 Å². The molecule has 0 N–H and O–H groups in total. The van der Waals surface area contributed by atoms with Gasteiger partial charge in [0, 0.05) is 6.42 Å². The second kappa shape index (κ2) is 57.3. The average Bonchev–Trinajstić information content (AvgIpc) is 0.732. The fourth-order valence-electron chi connectivity index (χ4n) is 14.1. The van der Waals surface area contributed by atoms with Crippen LogP contribution in [0.4, 0.5) is 0 Å². The topological polar surface area (TPSA) is 81.7 Å². The predicted octanol–water partition coefficient (Wildman–Crippen LogP) is 28.7. The van der Waals surface area contributed by atoms with Crippen molar-refractivity contribution in [3.63, 3.8) is 0 Å². The number of allylic oxidation sites excluding steroid dienone is 2. The van der Waals surface area contributed by atoms with Crippen LogP contribution < -0.4 is 28.4 Å². The van der Waals surface area contributed by atoms with E-state index >= 15 is 0 Å². The number of esters is 1. The second-order valence-corrected chi connectivity index (χ2v) is 29.4. The molecule has 97 heavy (non-hydrogen) atoms. The molecule has 0 radical (unpaired) electrons. The smallest absolute Gasteiger partial charge is 0.305 e.